The minimum atomic E-state index is -0.216. The largest absolute Gasteiger partial charge is 0.374 e. The van der Waals surface area contributed by atoms with Gasteiger partial charge in [-0.25, -0.2) is 0 Å². The number of nitrogens with one attached hydrogen (secondary N) is 1. The molecule has 0 radical (unpaired) electrons. The number of aromatic nitrogens is 2. The number of nitrogens with two attached hydrogens (primary N) is 1. The first-order valence-electron chi connectivity index (χ1n) is 7.14. The summed E-state index contributed by atoms with van der Waals surface area (Å²) >= 11 is 2.68. The van der Waals surface area contributed by atoms with Crippen molar-refractivity contribution in [3.63, 3.8) is 0 Å². The van der Waals surface area contributed by atoms with Crippen molar-refractivity contribution in [3.8, 4) is 0 Å². The fraction of sp³-hybridized carbons (Fsp3) is 0.400. The molecule has 0 fully saturated rings. The van der Waals surface area contributed by atoms with Gasteiger partial charge in [0.2, 0.25) is 11.0 Å². The highest BCUT2D eigenvalue weighted by Gasteiger charge is 2.18. The molecule has 22 heavy (non-hydrogen) atoms. The number of nitrogen functional groups attached to an aromatic ring is 1. The zero-order valence-corrected chi connectivity index (χ0v) is 14.3. The van der Waals surface area contributed by atoms with Gasteiger partial charge in [0.15, 0.2) is 4.34 Å². The first kappa shape index (κ1) is 16.8. The maximum absolute atomic E-state index is 12.2. The molecule has 0 bridgehead atoms. The van der Waals surface area contributed by atoms with Crippen LogP contribution >= 0.6 is 23.1 Å². The number of amides is 1. The first-order valence-corrected chi connectivity index (χ1v) is 8.84. The van der Waals surface area contributed by atoms with Gasteiger partial charge < -0.3 is 11.1 Å². The number of nitrogens with zero attached hydrogens (tertiary/aromatic N) is 2. The topological polar surface area (TPSA) is 80.9 Å². The molecule has 0 saturated heterocycles. The summed E-state index contributed by atoms with van der Waals surface area (Å²) in [5, 5.41) is 10.9. The zero-order chi connectivity index (χ0) is 15.9. The molecule has 1 amide bonds. The maximum Gasteiger partial charge on any atom is 0.233 e. The van der Waals surface area contributed by atoms with Crippen molar-refractivity contribution in [2.45, 2.75) is 42.3 Å². The molecule has 0 unspecified atom stereocenters. The number of carbonyl (C=O) groups excluding carboxylic acids is 1. The summed E-state index contributed by atoms with van der Waals surface area (Å²) in [7, 11) is 0. The molecule has 0 aliphatic carbocycles. The Morgan fingerprint density at radius 1 is 1.32 bits per heavy atom. The van der Waals surface area contributed by atoms with Crippen molar-refractivity contribution in [3.05, 3.63) is 35.9 Å². The lowest BCUT2D eigenvalue weighted by Gasteiger charge is -2.16. The minimum Gasteiger partial charge on any atom is -0.374 e. The molecule has 5 nitrogen and oxygen atoms in total. The summed E-state index contributed by atoms with van der Waals surface area (Å²) in [5.74, 6) is 0.0133. The molecular weight excluding hydrogens is 316 g/mol. The summed E-state index contributed by atoms with van der Waals surface area (Å²) in [6.07, 6.45) is 1.87. The van der Waals surface area contributed by atoms with Crippen LogP contribution in [0.5, 0.6) is 0 Å². The lowest BCUT2D eigenvalue weighted by atomic mass is 10.1. The quantitative estimate of drug-likeness (QED) is 0.760. The van der Waals surface area contributed by atoms with Crippen molar-refractivity contribution in [1.29, 1.82) is 0 Å². The third-order valence-corrected chi connectivity index (χ3v) is 5.10. The van der Waals surface area contributed by atoms with Gasteiger partial charge in [0, 0.05) is 6.04 Å². The molecule has 118 valence electrons. The van der Waals surface area contributed by atoms with Crippen molar-refractivity contribution < 1.29 is 4.79 Å². The Kier molecular flexibility index (Phi) is 6.21. The van der Waals surface area contributed by atoms with Crippen molar-refractivity contribution in [2.24, 2.45) is 0 Å². The minimum absolute atomic E-state index is 0.0133. The second-order valence-corrected chi connectivity index (χ2v) is 7.70. The van der Waals surface area contributed by atoms with Crippen molar-refractivity contribution >= 4 is 34.1 Å². The predicted molar refractivity (Wildman–Crippen MR) is 92.0 cm³/mol. The van der Waals surface area contributed by atoms with E-state index in [0.717, 1.165) is 17.2 Å². The van der Waals surface area contributed by atoms with Gasteiger partial charge in [-0.1, -0.05) is 53.4 Å². The molecule has 1 heterocycles. The summed E-state index contributed by atoms with van der Waals surface area (Å²) in [6.45, 7) is 3.89. The maximum atomic E-state index is 12.2. The van der Waals surface area contributed by atoms with Crippen LogP contribution in [-0.2, 0) is 11.2 Å². The first-order chi connectivity index (χ1) is 10.5. The van der Waals surface area contributed by atoms with Gasteiger partial charge in [-0.2, -0.15) is 0 Å². The van der Waals surface area contributed by atoms with E-state index in [1.165, 1.54) is 28.7 Å². The molecule has 3 N–H and O–H groups in total. The average Bonchev–Trinajstić information content (AvgIpc) is 2.91. The Hall–Kier alpha value is -1.60. The zero-order valence-electron chi connectivity index (χ0n) is 12.7. The van der Waals surface area contributed by atoms with Gasteiger partial charge >= 0.3 is 0 Å². The predicted octanol–water partition coefficient (Wildman–Crippen LogP) is 2.74. The van der Waals surface area contributed by atoms with Crippen LogP contribution in [0.3, 0.4) is 0 Å². The molecular formula is C15H20N4OS2. The van der Waals surface area contributed by atoms with Crippen LogP contribution in [-0.4, -0.2) is 27.4 Å². The molecule has 0 aliphatic heterocycles. The highest BCUT2D eigenvalue weighted by molar-refractivity contribution is 8.02. The molecule has 0 saturated carbocycles. The van der Waals surface area contributed by atoms with Gasteiger partial charge in [0.05, 0.1) is 5.25 Å². The third kappa shape index (κ3) is 5.31. The van der Waals surface area contributed by atoms with Gasteiger partial charge in [-0.15, -0.1) is 10.2 Å². The van der Waals surface area contributed by atoms with Crippen molar-refractivity contribution in [1.82, 2.24) is 15.5 Å². The van der Waals surface area contributed by atoms with E-state index in [-0.39, 0.29) is 17.2 Å². The highest BCUT2D eigenvalue weighted by Crippen LogP contribution is 2.27. The number of aryl methyl sites for hydroxylation is 1. The standard InChI is InChI=1S/C15H20N4OS2/c1-10(8-9-12-6-4-3-5-7-12)17-13(20)11(2)21-15-19-18-14(16)22-15/h3-7,10-11H,8-9H2,1-2H3,(H2,16,18)(H,17,20)/t10-,11-/m1/s1. The van der Waals surface area contributed by atoms with Gasteiger partial charge in [-0.05, 0) is 32.3 Å². The average molecular weight is 336 g/mol. The fourth-order valence-electron chi connectivity index (χ4n) is 1.93. The van der Waals surface area contributed by atoms with Gasteiger partial charge in [0.1, 0.15) is 0 Å². The molecule has 7 heteroatoms. The van der Waals surface area contributed by atoms with Crippen LogP contribution in [0.25, 0.3) is 0 Å². The lowest BCUT2D eigenvalue weighted by Crippen LogP contribution is -2.37. The van der Waals surface area contributed by atoms with Gasteiger partial charge in [-0.3, -0.25) is 4.79 Å². The second kappa shape index (κ2) is 8.14. The van der Waals surface area contributed by atoms with Crippen LogP contribution in [0.4, 0.5) is 5.13 Å². The summed E-state index contributed by atoms with van der Waals surface area (Å²) < 4.78 is 0.720. The fourth-order valence-corrected chi connectivity index (χ4v) is 3.72. The summed E-state index contributed by atoms with van der Waals surface area (Å²) in [4.78, 5) is 12.2. The number of hydrogen-bond acceptors (Lipinski definition) is 6. The van der Waals surface area contributed by atoms with E-state index >= 15 is 0 Å². The van der Waals surface area contributed by atoms with Gasteiger partial charge in [0.25, 0.3) is 0 Å². The molecule has 2 aromatic rings. The number of carbonyl (C=O) groups is 1. The Bertz CT molecular complexity index is 603. The van der Waals surface area contributed by atoms with E-state index < -0.39 is 0 Å². The number of anilines is 1. The molecule has 2 rings (SSSR count). The van der Waals surface area contributed by atoms with E-state index in [1.54, 1.807) is 0 Å². The van der Waals surface area contributed by atoms with E-state index in [9.17, 15) is 4.79 Å². The van der Waals surface area contributed by atoms with E-state index in [1.807, 2.05) is 32.0 Å². The van der Waals surface area contributed by atoms with E-state index in [4.69, 9.17) is 5.73 Å². The monoisotopic (exact) mass is 336 g/mol. The van der Waals surface area contributed by atoms with Crippen LogP contribution in [0.1, 0.15) is 25.8 Å². The van der Waals surface area contributed by atoms with Crippen LogP contribution in [0.15, 0.2) is 34.7 Å². The van der Waals surface area contributed by atoms with E-state index in [0.29, 0.717) is 5.13 Å². The number of rotatable bonds is 7. The van der Waals surface area contributed by atoms with Crippen LogP contribution < -0.4 is 11.1 Å². The SMILES string of the molecule is C[C@H](CCc1ccccc1)NC(=O)[C@@H](C)Sc1nnc(N)s1. The van der Waals surface area contributed by atoms with E-state index in [2.05, 4.69) is 27.6 Å². The second-order valence-electron chi connectivity index (χ2n) is 5.10. The molecule has 2 atom stereocenters. The Morgan fingerprint density at radius 3 is 2.68 bits per heavy atom. The third-order valence-electron chi connectivity index (χ3n) is 3.17. The van der Waals surface area contributed by atoms with Crippen molar-refractivity contribution in [2.75, 3.05) is 5.73 Å². The Morgan fingerprint density at radius 2 is 2.05 bits per heavy atom. The molecule has 0 spiro atoms. The molecule has 0 aliphatic rings. The normalized spacial score (nSPS) is 13.5. The summed E-state index contributed by atoms with van der Waals surface area (Å²) in [5.41, 5.74) is 6.82. The Labute approximate surface area is 138 Å². The highest BCUT2D eigenvalue weighted by atomic mass is 32.2. The number of hydrogen-bond donors (Lipinski definition) is 2. The van der Waals surface area contributed by atoms with Crippen LogP contribution in [0, 0.1) is 0 Å². The number of benzene rings is 1. The smallest absolute Gasteiger partial charge is 0.233 e. The molecule has 1 aromatic carbocycles. The Balaban J connectivity index is 1.75. The van der Waals surface area contributed by atoms with Crippen LogP contribution in [0.2, 0.25) is 0 Å². The number of thioether (sulfide) groups is 1. The molecule has 1 aromatic heterocycles. The summed E-state index contributed by atoms with van der Waals surface area (Å²) in [6, 6.07) is 10.4. The lowest BCUT2D eigenvalue weighted by molar-refractivity contribution is -0.120.